The largest absolute Gasteiger partial charge is 0.493 e. The van der Waals surface area contributed by atoms with E-state index in [4.69, 9.17) is 15.9 Å². The third-order valence-corrected chi connectivity index (χ3v) is 2.70. The van der Waals surface area contributed by atoms with Crippen molar-refractivity contribution < 1.29 is 4.74 Å². The molecule has 4 nitrogen and oxygen atoms in total. The Labute approximate surface area is 112 Å². The van der Waals surface area contributed by atoms with E-state index >= 15 is 0 Å². The number of hydrogen-bond acceptors (Lipinski definition) is 3. The molecule has 1 aromatic carbocycles. The van der Waals surface area contributed by atoms with Crippen LogP contribution in [0.25, 0.3) is 0 Å². The summed E-state index contributed by atoms with van der Waals surface area (Å²) in [4.78, 5) is 4.06. The monoisotopic (exact) mass is 255 g/mol. The molecule has 0 saturated carbocycles. The number of nitrogens with one attached hydrogen (secondary N) is 1. The lowest BCUT2D eigenvalue weighted by molar-refractivity contribution is 0.322. The molecule has 0 unspecified atom stereocenters. The highest BCUT2D eigenvalue weighted by Gasteiger charge is 1.98. The molecule has 0 aliphatic heterocycles. The van der Waals surface area contributed by atoms with E-state index in [-0.39, 0.29) is 5.84 Å². The van der Waals surface area contributed by atoms with Crippen LogP contribution >= 0.6 is 0 Å². The van der Waals surface area contributed by atoms with Gasteiger partial charge in [0.2, 0.25) is 0 Å². The second-order valence-corrected chi connectivity index (χ2v) is 4.31. The Balaban J connectivity index is 1.81. The Morgan fingerprint density at radius 1 is 1.16 bits per heavy atom. The van der Waals surface area contributed by atoms with Gasteiger partial charge in [-0.2, -0.15) is 0 Å². The van der Waals surface area contributed by atoms with Gasteiger partial charge in [0.15, 0.2) is 0 Å². The fraction of sp³-hybridized carbons (Fsp3) is 0.200. The third-order valence-electron chi connectivity index (χ3n) is 2.70. The molecule has 3 N–H and O–H groups in total. The smallest absolute Gasteiger partial charge is 0.119 e. The predicted octanol–water partition coefficient (Wildman–Crippen LogP) is 2.18. The van der Waals surface area contributed by atoms with Crippen LogP contribution in [0.2, 0.25) is 0 Å². The van der Waals surface area contributed by atoms with E-state index in [1.807, 2.05) is 42.6 Å². The van der Waals surface area contributed by atoms with Crippen LogP contribution in [-0.4, -0.2) is 17.4 Å². The van der Waals surface area contributed by atoms with Crippen molar-refractivity contribution in [1.29, 1.82) is 5.41 Å². The highest BCUT2D eigenvalue weighted by atomic mass is 16.5. The van der Waals surface area contributed by atoms with Gasteiger partial charge in [0.1, 0.15) is 5.75 Å². The van der Waals surface area contributed by atoms with Crippen molar-refractivity contribution in [1.82, 2.24) is 4.98 Å². The van der Waals surface area contributed by atoms with Crippen LogP contribution in [-0.2, 0) is 12.8 Å². The van der Waals surface area contributed by atoms with Gasteiger partial charge < -0.3 is 10.5 Å². The van der Waals surface area contributed by atoms with Gasteiger partial charge in [0.25, 0.3) is 0 Å². The molecule has 1 heterocycles. The van der Waals surface area contributed by atoms with Crippen molar-refractivity contribution in [2.75, 3.05) is 6.61 Å². The third kappa shape index (κ3) is 4.43. The van der Waals surface area contributed by atoms with E-state index in [1.54, 1.807) is 6.20 Å². The number of nitrogens with zero attached hydrogens (tertiary/aromatic N) is 1. The molecule has 19 heavy (non-hydrogen) atoms. The van der Waals surface area contributed by atoms with Crippen molar-refractivity contribution in [2.45, 2.75) is 12.8 Å². The van der Waals surface area contributed by atoms with Gasteiger partial charge in [0.05, 0.1) is 12.4 Å². The molecule has 0 aliphatic rings. The Kier molecular flexibility index (Phi) is 4.50. The molecule has 0 radical (unpaired) electrons. The number of benzene rings is 1. The van der Waals surface area contributed by atoms with Crippen molar-refractivity contribution in [3.63, 3.8) is 0 Å². The Hall–Kier alpha value is -2.36. The SMILES string of the molecule is N=C(N)Cc1ccc(OCCc2cccnc2)cc1. The predicted molar refractivity (Wildman–Crippen MR) is 75.5 cm³/mol. The zero-order valence-electron chi connectivity index (χ0n) is 10.7. The lowest BCUT2D eigenvalue weighted by Crippen LogP contribution is -2.12. The molecule has 4 heteroatoms. The molecule has 0 fully saturated rings. The van der Waals surface area contributed by atoms with Gasteiger partial charge in [-0.25, -0.2) is 0 Å². The highest BCUT2D eigenvalue weighted by molar-refractivity contribution is 5.79. The van der Waals surface area contributed by atoms with Gasteiger partial charge in [-0.15, -0.1) is 0 Å². The average molecular weight is 255 g/mol. The number of rotatable bonds is 6. The van der Waals surface area contributed by atoms with Crippen LogP contribution in [0.15, 0.2) is 48.8 Å². The minimum absolute atomic E-state index is 0.172. The Morgan fingerprint density at radius 3 is 2.58 bits per heavy atom. The number of ether oxygens (including phenoxy) is 1. The molecular weight excluding hydrogens is 238 g/mol. The van der Waals surface area contributed by atoms with Gasteiger partial charge in [-0.1, -0.05) is 18.2 Å². The van der Waals surface area contributed by atoms with Gasteiger partial charge in [-0.3, -0.25) is 10.4 Å². The molecule has 98 valence electrons. The summed E-state index contributed by atoms with van der Waals surface area (Å²) in [5.41, 5.74) is 7.54. The normalized spacial score (nSPS) is 10.1. The zero-order valence-corrected chi connectivity index (χ0v) is 10.7. The molecule has 0 saturated heterocycles. The summed E-state index contributed by atoms with van der Waals surface area (Å²) < 4.78 is 5.66. The molecule has 0 aliphatic carbocycles. The van der Waals surface area contributed by atoms with Crippen molar-refractivity contribution in [2.24, 2.45) is 5.73 Å². The minimum atomic E-state index is 0.172. The molecule has 1 aromatic heterocycles. The molecular formula is C15H17N3O. The molecule has 2 rings (SSSR count). The van der Waals surface area contributed by atoms with Crippen LogP contribution in [0.1, 0.15) is 11.1 Å². The maximum Gasteiger partial charge on any atom is 0.119 e. The minimum Gasteiger partial charge on any atom is -0.493 e. The molecule has 0 amide bonds. The Morgan fingerprint density at radius 2 is 1.95 bits per heavy atom. The van der Waals surface area contributed by atoms with E-state index in [0.29, 0.717) is 13.0 Å². The summed E-state index contributed by atoms with van der Waals surface area (Å²) in [5, 5.41) is 7.23. The van der Waals surface area contributed by atoms with E-state index in [1.165, 1.54) is 0 Å². The van der Waals surface area contributed by atoms with Crippen molar-refractivity contribution in [3.8, 4) is 5.75 Å². The topological polar surface area (TPSA) is 72.0 Å². The summed E-state index contributed by atoms with van der Waals surface area (Å²) in [6.45, 7) is 0.623. The maximum atomic E-state index is 7.23. The first-order chi connectivity index (χ1) is 9.24. The van der Waals surface area contributed by atoms with Gasteiger partial charge >= 0.3 is 0 Å². The second-order valence-electron chi connectivity index (χ2n) is 4.31. The highest BCUT2D eigenvalue weighted by Crippen LogP contribution is 2.13. The summed E-state index contributed by atoms with van der Waals surface area (Å²) in [6.07, 6.45) is 4.93. The summed E-state index contributed by atoms with van der Waals surface area (Å²) >= 11 is 0. The van der Waals surface area contributed by atoms with Crippen LogP contribution in [0, 0.1) is 5.41 Å². The summed E-state index contributed by atoms with van der Waals surface area (Å²) in [7, 11) is 0. The summed E-state index contributed by atoms with van der Waals surface area (Å²) in [5.74, 6) is 1.00. The quantitative estimate of drug-likeness (QED) is 0.614. The van der Waals surface area contributed by atoms with Crippen molar-refractivity contribution in [3.05, 3.63) is 59.9 Å². The first kappa shape index (κ1) is 13.1. The number of nitrogens with two attached hydrogens (primary N) is 1. The Bertz CT molecular complexity index is 523. The number of pyridine rings is 1. The van der Waals surface area contributed by atoms with Crippen molar-refractivity contribution >= 4 is 5.84 Å². The first-order valence-corrected chi connectivity index (χ1v) is 6.17. The number of aromatic nitrogens is 1. The maximum absolute atomic E-state index is 7.23. The number of amidine groups is 1. The van der Waals surface area contributed by atoms with E-state index < -0.39 is 0 Å². The van der Waals surface area contributed by atoms with Crippen LogP contribution in [0.5, 0.6) is 5.75 Å². The van der Waals surface area contributed by atoms with Crippen LogP contribution in [0.3, 0.4) is 0 Å². The average Bonchev–Trinajstić information content (AvgIpc) is 2.41. The van der Waals surface area contributed by atoms with E-state index in [0.717, 1.165) is 23.3 Å². The lowest BCUT2D eigenvalue weighted by atomic mass is 10.1. The fourth-order valence-corrected chi connectivity index (χ4v) is 1.76. The standard InChI is InChI=1S/C15H17N3O/c16-15(17)10-12-3-5-14(6-4-12)19-9-7-13-2-1-8-18-11-13/h1-6,8,11H,7,9-10H2,(H3,16,17). The second kappa shape index (κ2) is 6.54. The fourth-order valence-electron chi connectivity index (χ4n) is 1.76. The molecule has 0 spiro atoms. The summed E-state index contributed by atoms with van der Waals surface area (Å²) in [6, 6.07) is 11.6. The lowest BCUT2D eigenvalue weighted by Gasteiger charge is -2.07. The molecule has 0 atom stereocenters. The van der Waals surface area contributed by atoms with Crippen LogP contribution < -0.4 is 10.5 Å². The van der Waals surface area contributed by atoms with Gasteiger partial charge in [-0.05, 0) is 29.3 Å². The first-order valence-electron chi connectivity index (χ1n) is 6.17. The number of hydrogen-bond donors (Lipinski definition) is 2. The molecule has 2 aromatic rings. The van der Waals surface area contributed by atoms with E-state index in [2.05, 4.69) is 4.98 Å². The van der Waals surface area contributed by atoms with Crippen LogP contribution in [0.4, 0.5) is 0 Å². The van der Waals surface area contributed by atoms with E-state index in [9.17, 15) is 0 Å². The van der Waals surface area contributed by atoms with Gasteiger partial charge in [0, 0.05) is 25.2 Å². The molecule has 0 bridgehead atoms. The zero-order chi connectivity index (χ0) is 13.5.